The van der Waals surface area contributed by atoms with Crippen LogP contribution < -0.4 is 5.32 Å². The fourth-order valence-electron chi connectivity index (χ4n) is 3.11. The maximum Gasteiger partial charge on any atom is 0.127 e. The summed E-state index contributed by atoms with van der Waals surface area (Å²) < 4.78 is 15.0. The molecule has 1 heterocycles. The zero-order valence-corrected chi connectivity index (χ0v) is 14.1. The summed E-state index contributed by atoms with van der Waals surface area (Å²) in [6.07, 6.45) is 2.16. The van der Waals surface area contributed by atoms with Gasteiger partial charge in [-0.3, -0.25) is 4.90 Å². The Labute approximate surface area is 129 Å². The third-order valence-corrected chi connectivity index (χ3v) is 5.12. The van der Waals surface area contributed by atoms with Gasteiger partial charge in [0, 0.05) is 41.3 Å². The van der Waals surface area contributed by atoms with Gasteiger partial charge in [0.05, 0.1) is 0 Å². The summed E-state index contributed by atoms with van der Waals surface area (Å²) in [6, 6.07) is 5.66. The minimum Gasteiger partial charge on any atom is -0.311 e. The molecule has 1 saturated heterocycles. The normalized spacial score (nSPS) is 22.9. The molecular formula is C16H24BrFN2. The predicted molar refractivity (Wildman–Crippen MR) is 85.3 cm³/mol. The van der Waals surface area contributed by atoms with Crippen molar-refractivity contribution in [2.75, 3.05) is 13.1 Å². The number of nitrogens with one attached hydrogen (secondary N) is 1. The van der Waals surface area contributed by atoms with Crippen LogP contribution in [0.1, 0.15) is 39.2 Å². The van der Waals surface area contributed by atoms with E-state index in [0.29, 0.717) is 12.6 Å². The Morgan fingerprint density at radius 1 is 1.40 bits per heavy atom. The van der Waals surface area contributed by atoms with Gasteiger partial charge in [0.25, 0.3) is 0 Å². The van der Waals surface area contributed by atoms with Crippen LogP contribution in [0.3, 0.4) is 0 Å². The molecule has 0 radical (unpaired) electrons. The van der Waals surface area contributed by atoms with E-state index in [4.69, 9.17) is 0 Å². The van der Waals surface area contributed by atoms with Gasteiger partial charge >= 0.3 is 0 Å². The van der Waals surface area contributed by atoms with Crippen LogP contribution >= 0.6 is 15.9 Å². The standard InChI is InChI=1S/C16H24BrFN2/c1-4-16(5-2)11-19-12(3)9-20(16)10-13-8-14(17)6-7-15(13)18/h6-8,12,19H,4-5,9-11H2,1-3H3. The van der Waals surface area contributed by atoms with Crippen molar-refractivity contribution in [2.45, 2.75) is 51.7 Å². The molecule has 1 fully saturated rings. The van der Waals surface area contributed by atoms with Gasteiger partial charge in [0.1, 0.15) is 5.82 Å². The zero-order chi connectivity index (χ0) is 14.8. The molecule has 1 aromatic rings. The number of rotatable bonds is 4. The van der Waals surface area contributed by atoms with Crippen LogP contribution in [0, 0.1) is 5.82 Å². The molecule has 2 rings (SSSR count). The van der Waals surface area contributed by atoms with E-state index in [9.17, 15) is 4.39 Å². The van der Waals surface area contributed by atoms with Crippen LogP contribution in [-0.4, -0.2) is 29.6 Å². The Hall–Kier alpha value is -0.450. The van der Waals surface area contributed by atoms with Crippen molar-refractivity contribution in [3.8, 4) is 0 Å². The largest absolute Gasteiger partial charge is 0.311 e. The van der Waals surface area contributed by atoms with Gasteiger partial charge in [-0.1, -0.05) is 29.8 Å². The second-order valence-corrected chi connectivity index (χ2v) is 6.75. The first-order valence-electron chi connectivity index (χ1n) is 7.43. The molecule has 112 valence electrons. The van der Waals surface area contributed by atoms with Crippen molar-refractivity contribution in [1.82, 2.24) is 10.2 Å². The quantitative estimate of drug-likeness (QED) is 0.891. The highest BCUT2D eigenvalue weighted by Crippen LogP contribution is 2.29. The summed E-state index contributed by atoms with van der Waals surface area (Å²) >= 11 is 3.44. The third-order valence-electron chi connectivity index (χ3n) is 4.63. The smallest absolute Gasteiger partial charge is 0.127 e. The van der Waals surface area contributed by atoms with Gasteiger partial charge in [-0.15, -0.1) is 0 Å². The highest BCUT2D eigenvalue weighted by Gasteiger charge is 2.37. The average molecular weight is 343 g/mol. The lowest BCUT2D eigenvalue weighted by Crippen LogP contribution is -2.63. The fourth-order valence-corrected chi connectivity index (χ4v) is 3.52. The molecule has 20 heavy (non-hydrogen) atoms. The molecular weight excluding hydrogens is 319 g/mol. The van der Waals surface area contributed by atoms with Gasteiger partial charge in [-0.05, 0) is 38.0 Å². The van der Waals surface area contributed by atoms with E-state index < -0.39 is 0 Å². The molecule has 1 N–H and O–H groups in total. The zero-order valence-electron chi connectivity index (χ0n) is 12.5. The molecule has 1 aliphatic heterocycles. The lowest BCUT2D eigenvalue weighted by atomic mass is 9.87. The van der Waals surface area contributed by atoms with E-state index in [2.05, 4.69) is 46.9 Å². The first kappa shape index (κ1) is 15.9. The Morgan fingerprint density at radius 2 is 2.10 bits per heavy atom. The van der Waals surface area contributed by atoms with Crippen molar-refractivity contribution >= 4 is 15.9 Å². The maximum absolute atomic E-state index is 14.0. The Bertz CT molecular complexity index is 460. The van der Waals surface area contributed by atoms with Crippen LogP contribution in [0.25, 0.3) is 0 Å². The second-order valence-electron chi connectivity index (χ2n) is 5.83. The molecule has 4 heteroatoms. The van der Waals surface area contributed by atoms with E-state index in [0.717, 1.165) is 36.0 Å². The molecule has 0 bridgehead atoms. The maximum atomic E-state index is 14.0. The molecule has 2 nitrogen and oxygen atoms in total. The van der Waals surface area contributed by atoms with Crippen molar-refractivity contribution in [2.24, 2.45) is 0 Å². The molecule has 1 unspecified atom stereocenters. The summed E-state index contributed by atoms with van der Waals surface area (Å²) in [4.78, 5) is 2.46. The number of piperazine rings is 1. The molecule has 0 spiro atoms. The minimum atomic E-state index is -0.111. The molecule has 0 aliphatic carbocycles. The average Bonchev–Trinajstić information content (AvgIpc) is 2.44. The Kier molecular flexibility index (Phi) is 5.21. The number of halogens is 2. The first-order valence-corrected chi connectivity index (χ1v) is 8.22. The fraction of sp³-hybridized carbons (Fsp3) is 0.625. The van der Waals surface area contributed by atoms with Gasteiger partial charge < -0.3 is 5.32 Å². The van der Waals surface area contributed by atoms with E-state index in [1.165, 1.54) is 0 Å². The summed E-state index contributed by atoms with van der Waals surface area (Å²) in [6.45, 7) is 9.28. The number of hydrogen-bond acceptors (Lipinski definition) is 2. The van der Waals surface area contributed by atoms with Crippen molar-refractivity contribution < 1.29 is 4.39 Å². The lowest BCUT2D eigenvalue weighted by molar-refractivity contribution is 0.0270. The lowest BCUT2D eigenvalue weighted by Gasteiger charge is -2.49. The Balaban J connectivity index is 2.25. The predicted octanol–water partition coefficient (Wildman–Crippen LogP) is 3.94. The van der Waals surface area contributed by atoms with Gasteiger partial charge in [0.15, 0.2) is 0 Å². The van der Waals surface area contributed by atoms with E-state index in [-0.39, 0.29) is 11.4 Å². The number of nitrogens with zero attached hydrogens (tertiary/aromatic N) is 1. The molecule has 0 amide bonds. The number of hydrogen-bond donors (Lipinski definition) is 1. The van der Waals surface area contributed by atoms with Crippen LogP contribution in [0.5, 0.6) is 0 Å². The van der Waals surface area contributed by atoms with Crippen molar-refractivity contribution in [3.05, 3.63) is 34.1 Å². The van der Waals surface area contributed by atoms with Gasteiger partial charge in [-0.2, -0.15) is 0 Å². The molecule has 0 aromatic heterocycles. The summed E-state index contributed by atoms with van der Waals surface area (Å²) in [5.41, 5.74) is 0.918. The molecule has 0 saturated carbocycles. The van der Waals surface area contributed by atoms with Crippen LogP contribution in [0.15, 0.2) is 22.7 Å². The topological polar surface area (TPSA) is 15.3 Å². The highest BCUT2D eigenvalue weighted by atomic mass is 79.9. The summed E-state index contributed by atoms with van der Waals surface area (Å²) in [7, 11) is 0. The van der Waals surface area contributed by atoms with Gasteiger partial charge in [0.2, 0.25) is 0 Å². The SMILES string of the molecule is CCC1(CC)CNC(C)CN1Cc1cc(Br)ccc1F. The van der Waals surface area contributed by atoms with Crippen LogP contribution in [0.4, 0.5) is 4.39 Å². The van der Waals surface area contributed by atoms with E-state index in [1.807, 2.05) is 6.07 Å². The minimum absolute atomic E-state index is 0.111. The summed E-state index contributed by atoms with van der Waals surface area (Å²) in [5, 5.41) is 3.57. The van der Waals surface area contributed by atoms with Crippen LogP contribution in [0.2, 0.25) is 0 Å². The monoisotopic (exact) mass is 342 g/mol. The first-order chi connectivity index (χ1) is 9.50. The van der Waals surface area contributed by atoms with E-state index in [1.54, 1.807) is 12.1 Å². The second kappa shape index (κ2) is 6.54. The Morgan fingerprint density at radius 3 is 2.75 bits per heavy atom. The van der Waals surface area contributed by atoms with Gasteiger partial charge in [-0.25, -0.2) is 4.39 Å². The molecule has 1 aliphatic rings. The summed E-state index contributed by atoms with van der Waals surface area (Å²) in [5.74, 6) is -0.111. The number of benzene rings is 1. The molecule has 1 aromatic carbocycles. The van der Waals surface area contributed by atoms with Crippen LogP contribution in [-0.2, 0) is 6.54 Å². The van der Waals surface area contributed by atoms with Crippen molar-refractivity contribution in [3.63, 3.8) is 0 Å². The van der Waals surface area contributed by atoms with Crippen molar-refractivity contribution in [1.29, 1.82) is 0 Å². The molecule has 1 atom stereocenters. The third kappa shape index (κ3) is 3.23. The highest BCUT2D eigenvalue weighted by molar-refractivity contribution is 9.10. The van der Waals surface area contributed by atoms with E-state index >= 15 is 0 Å².